The Balaban J connectivity index is 1.79. The van der Waals surface area contributed by atoms with Crippen LogP contribution in [0.2, 0.25) is 0 Å². The highest BCUT2D eigenvalue weighted by atomic mass is 19.1. The van der Waals surface area contributed by atoms with Gasteiger partial charge >= 0.3 is 0 Å². The highest BCUT2D eigenvalue weighted by molar-refractivity contribution is 5.27. The number of aryl methyl sites for hydroxylation is 1. The molecule has 0 aromatic carbocycles. The summed E-state index contributed by atoms with van der Waals surface area (Å²) in [6.07, 6.45) is 7.71. The summed E-state index contributed by atoms with van der Waals surface area (Å²) in [5, 5.41) is 0. The van der Waals surface area contributed by atoms with Crippen molar-refractivity contribution in [3.8, 4) is 0 Å². The third kappa shape index (κ3) is 5.96. The van der Waals surface area contributed by atoms with Crippen LogP contribution in [0.4, 0.5) is 4.39 Å². The van der Waals surface area contributed by atoms with E-state index in [1.54, 1.807) is 12.3 Å². The van der Waals surface area contributed by atoms with Crippen molar-refractivity contribution < 1.29 is 4.39 Å². The van der Waals surface area contributed by atoms with E-state index in [2.05, 4.69) is 63.4 Å². The fraction of sp³-hybridized carbons (Fsp3) is 0.481. The zero-order valence-corrected chi connectivity index (χ0v) is 20.4. The molecule has 0 saturated carbocycles. The molecule has 0 unspecified atom stereocenters. The number of hydrogen-bond donors (Lipinski definition) is 0. The molecule has 0 aliphatic rings. The van der Waals surface area contributed by atoms with Crippen molar-refractivity contribution in [2.75, 3.05) is 0 Å². The van der Waals surface area contributed by atoms with Crippen LogP contribution >= 0.6 is 0 Å². The first kappa shape index (κ1) is 24.0. The summed E-state index contributed by atoms with van der Waals surface area (Å²) in [6.45, 7) is 14.9. The summed E-state index contributed by atoms with van der Waals surface area (Å²) in [7, 11) is 0. The number of rotatable bonds is 7. The van der Waals surface area contributed by atoms with Crippen LogP contribution in [0.1, 0.15) is 83.2 Å². The summed E-state index contributed by atoms with van der Waals surface area (Å²) in [5.41, 5.74) is 4.09. The molecule has 0 saturated heterocycles. The molecule has 170 valence electrons. The molecule has 0 aliphatic heterocycles. The van der Waals surface area contributed by atoms with E-state index in [9.17, 15) is 4.39 Å². The monoisotopic (exact) mass is 434 g/mol. The molecule has 5 heteroatoms. The Hall–Kier alpha value is -2.69. The van der Waals surface area contributed by atoms with Gasteiger partial charge in [0.15, 0.2) is 0 Å². The van der Waals surface area contributed by atoms with Gasteiger partial charge in [-0.2, -0.15) is 4.39 Å². The lowest BCUT2D eigenvalue weighted by molar-refractivity contribution is 0.443. The van der Waals surface area contributed by atoms with E-state index in [0.29, 0.717) is 6.42 Å². The summed E-state index contributed by atoms with van der Waals surface area (Å²) in [6, 6.07) is 9.51. The number of pyridine rings is 2. The summed E-state index contributed by atoms with van der Waals surface area (Å²) >= 11 is 0. The number of hydrogen-bond acceptors (Lipinski definition) is 4. The predicted octanol–water partition coefficient (Wildman–Crippen LogP) is 6.13. The second-order valence-electron chi connectivity index (χ2n) is 11.0. The average Bonchev–Trinajstić information content (AvgIpc) is 2.72. The average molecular weight is 435 g/mol. The lowest BCUT2D eigenvalue weighted by Crippen LogP contribution is -2.24. The van der Waals surface area contributed by atoms with Crippen molar-refractivity contribution >= 4 is 0 Å². The van der Waals surface area contributed by atoms with Gasteiger partial charge in [0.2, 0.25) is 5.95 Å². The molecule has 0 N–H and O–H groups in total. The lowest BCUT2D eigenvalue weighted by Gasteiger charge is -2.27. The van der Waals surface area contributed by atoms with Gasteiger partial charge in [0.05, 0.1) is 11.4 Å². The van der Waals surface area contributed by atoms with Gasteiger partial charge in [-0.05, 0) is 49.1 Å². The van der Waals surface area contributed by atoms with E-state index in [-0.39, 0.29) is 16.2 Å². The Kier molecular flexibility index (Phi) is 6.77. The molecule has 3 rings (SSSR count). The third-order valence-electron chi connectivity index (χ3n) is 6.01. The Morgan fingerprint density at radius 1 is 0.812 bits per heavy atom. The zero-order chi connectivity index (χ0) is 23.6. The Morgan fingerprint density at radius 3 is 2.22 bits per heavy atom. The Bertz CT molecular complexity index is 1050. The second-order valence-corrected chi connectivity index (χ2v) is 11.0. The summed E-state index contributed by atoms with van der Waals surface area (Å²) in [5.74, 6) is -0.433. The minimum absolute atomic E-state index is 0.0437. The molecule has 0 atom stereocenters. The van der Waals surface area contributed by atoms with Crippen LogP contribution < -0.4 is 0 Å². The minimum Gasteiger partial charge on any atom is -0.261 e. The normalized spacial score (nSPS) is 12.8. The maximum Gasteiger partial charge on any atom is 0.213 e. The topological polar surface area (TPSA) is 51.6 Å². The summed E-state index contributed by atoms with van der Waals surface area (Å²) in [4.78, 5) is 17.9. The van der Waals surface area contributed by atoms with E-state index >= 15 is 0 Å². The van der Waals surface area contributed by atoms with Crippen molar-refractivity contribution in [1.82, 2.24) is 19.9 Å². The molecule has 3 heterocycles. The van der Waals surface area contributed by atoms with Crippen molar-refractivity contribution in [1.29, 1.82) is 0 Å². The van der Waals surface area contributed by atoms with Crippen LogP contribution in [0.3, 0.4) is 0 Å². The number of nitrogens with zero attached hydrogens (tertiary/aromatic N) is 4. The Morgan fingerprint density at radius 2 is 1.56 bits per heavy atom. The molecular formula is C27H35FN4. The van der Waals surface area contributed by atoms with Gasteiger partial charge in [0.25, 0.3) is 0 Å². The molecule has 3 aromatic heterocycles. The molecule has 4 nitrogen and oxygen atoms in total. The van der Waals surface area contributed by atoms with Crippen LogP contribution in [0.15, 0.2) is 48.9 Å². The highest BCUT2D eigenvalue weighted by Crippen LogP contribution is 2.31. The second kappa shape index (κ2) is 9.05. The van der Waals surface area contributed by atoms with Crippen molar-refractivity contribution in [3.63, 3.8) is 0 Å². The van der Waals surface area contributed by atoms with Crippen molar-refractivity contribution in [2.24, 2.45) is 0 Å². The molecule has 0 spiro atoms. The van der Waals surface area contributed by atoms with Crippen LogP contribution in [0.25, 0.3) is 0 Å². The smallest absolute Gasteiger partial charge is 0.213 e. The first-order chi connectivity index (χ1) is 14.9. The number of aromatic nitrogens is 4. The maximum atomic E-state index is 14.5. The largest absolute Gasteiger partial charge is 0.261 e. The van der Waals surface area contributed by atoms with Gasteiger partial charge in [-0.15, -0.1) is 0 Å². The van der Waals surface area contributed by atoms with Crippen LogP contribution in [0.5, 0.6) is 0 Å². The highest BCUT2D eigenvalue weighted by Gasteiger charge is 2.27. The molecule has 0 bridgehead atoms. The molecule has 32 heavy (non-hydrogen) atoms. The van der Waals surface area contributed by atoms with E-state index in [0.717, 1.165) is 41.2 Å². The zero-order valence-electron chi connectivity index (χ0n) is 20.4. The Labute approximate surface area is 191 Å². The fourth-order valence-corrected chi connectivity index (χ4v) is 3.82. The van der Waals surface area contributed by atoms with Crippen LogP contribution in [-0.4, -0.2) is 19.9 Å². The van der Waals surface area contributed by atoms with Gasteiger partial charge in [0.1, 0.15) is 0 Å². The van der Waals surface area contributed by atoms with Gasteiger partial charge in [0, 0.05) is 46.2 Å². The first-order valence-electron chi connectivity index (χ1n) is 11.3. The standard InChI is InChI=1S/C27H35FN4/c1-25(2,3)23-18-29-17-20(31-23)11-12-26(4,5)22-14-19(15-24(28)32-22)16-27(6,7)21-10-8-9-13-30-21/h8-10,13-15,17-18H,11-12,16H2,1-7H3. The lowest BCUT2D eigenvalue weighted by atomic mass is 9.79. The van der Waals surface area contributed by atoms with E-state index < -0.39 is 5.95 Å². The van der Waals surface area contributed by atoms with Crippen LogP contribution in [0, 0.1) is 5.95 Å². The van der Waals surface area contributed by atoms with E-state index in [4.69, 9.17) is 4.98 Å². The van der Waals surface area contributed by atoms with Crippen LogP contribution in [-0.2, 0) is 29.1 Å². The third-order valence-corrected chi connectivity index (χ3v) is 6.01. The maximum absolute atomic E-state index is 14.5. The molecule has 0 radical (unpaired) electrons. The van der Waals surface area contributed by atoms with Gasteiger partial charge in [-0.3, -0.25) is 15.0 Å². The molecular weight excluding hydrogens is 399 g/mol. The van der Waals surface area contributed by atoms with Gasteiger partial charge in [-0.1, -0.05) is 54.5 Å². The minimum atomic E-state index is -0.433. The first-order valence-corrected chi connectivity index (χ1v) is 11.3. The quantitative estimate of drug-likeness (QED) is 0.420. The molecule has 3 aromatic rings. The van der Waals surface area contributed by atoms with Crippen molar-refractivity contribution in [3.05, 3.63) is 83.2 Å². The molecule has 0 aliphatic carbocycles. The fourth-order valence-electron chi connectivity index (χ4n) is 3.82. The number of halogens is 1. The SMILES string of the molecule is CC(C)(C)c1cncc(CCC(C)(C)c2cc(CC(C)(C)c3ccccn3)cc(F)n2)n1. The molecule has 0 amide bonds. The van der Waals surface area contributed by atoms with Gasteiger partial charge in [-0.25, -0.2) is 4.98 Å². The van der Waals surface area contributed by atoms with E-state index in [1.165, 1.54) is 0 Å². The van der Waals surface area contributed by atoms with Gasteiger partial charge < -0.3 is 0 Å². The van der Waals surface area contributed by atoms with Crippen molar-refractivity contribution in [2.45, 2.75) is 84.0 Å². The predicted molar refractivity (Wildman–Crippen MR) is 127 cm³/mol. The van der Waals surface area contributed by atoms with E-state index in [1.807, 2.05) is 36.7 Å². The molecule has 0 fully saturated rings. The summed E-state index contributed by atoms with van der Waals surface area (Å²) < 4.78 is 14.5.